The summed E-state index contributed by atoms with van der Waals surface area (Å²) < 4.78 is 19.8. The number of aromatic nitrogens is 2. The van der Waals surface area contributed by atoms with Crippen molar-refractivity contribution < 1.29 is 13.9 Å². The minimum absolute atomic E-state index is 0.302. The van der Waals surface area contributed by atoms with E-state index in [4.69, 9.17) is 4.74 Å². The average molecular weight is 432 g/mol. The molecule has 0 bridgehead atoms. The fourth-order valence-electron chi connectivity index (χ4n) is 3.39. The van der Waals surface area contributed by atoms with Crippen LogP contribution in [0.2, 0.25) is 0 Å². The van der Waals surface area contributed by atoms with Crippen LogP contribution in [0.5, 0.6) is 5.75 Å². The molecule has 162 valence electrons. The van der Waals surface area contributed by atoms with Crippen molar-refractivity contribution in [3.05, 3.63) is 94.7 Å². The van der Waals surface area contributed by atoms with Gasteiger partial charge in [0.2, 0.25) is 0 Å². The Kier molecular flexibility index (Phi) is 6.12. The number of nitrogens with one attached hydrogen (secondary N) is 2. The maximum absolute atomic E-state index is 13.1. The van der Waals surface area contributed by atoms with Gasteiger partial charge in [0, 0.05) is 17.6 Å². The van der Waals surface area contributed by atoms with E-state index in [0.29, 0.717) is 35.4 Å². The molecule has 8 heteroatoms. The summed E-state index contributed by atoms with van der Waals surface area (Å²) in [5.74, 6) is 0.661. The Morgan fingerprint density at radius 1 is 1.03 bits per heavy atom. The van der Waals surface area contributed by atoms with Crippen LogP contribution in [-0.4, -0.2) is 22.7 Å². The van der Waals surface area contributed by atoms with Gasteiger partial charge in [0.05, 0.1) is 12.6 Å². The first-order chi connectivity index (χ1) is 15.5. The van der Waals surface area contributed by atoms with Crippen LogP contribution >= 0.6 is 0 Å². The fourth-order valence-corrected chi connectivity index (χ4v) is 3.39. The largest absolute Gasteiger partial charge is 0.497 e. The molecule has 7 nitrogen and oxygen atoms in total. The van der Waals surface area contributed by atoms with Crippen molar-refractivity contribution in [1.82, 2.24) is 9.55 Å². The summed E-state index contributed by atoms with van der Waals surface area (Å²) in [5.41, 5.74) is 1.41. The zero-order valence-electron chi connectivity index (χ0n) is 17.3. The van der Waals surface area contributed by atoms with Gasteiger partial charge in [-0.15, -0.1) is 0 Å². The number of aryl methyl sites for hydroxylation is 1. The van der Waals surface area contributed by atoms with Gasteiger partial charge in [-0.05, 0) is 60.5 Å². The molecule has 0 atom stereocenters. The molecule has 4 rings (SSSR count). The van der Waals surface area contributed by atoms with Crippen LogP contribution in [0.25, 0.3) is 10.9 Å². The van der Waals surface area contributed by atoms with Gasteiger partial charge in [-0.3, -0.25) is 9.88 Å². The molecular formula is C24H21FN4O3. The van der Waals surface area contributed by atoms with Crippen LogP contribution in [0.3, 0.4) is 0 Å². The Labute approximate surface area is 183 Å². The van der Waals surface area contributed by atoms with E-state index in [2.05, 4.69) is 15.6 Å². The number of amides is 2. The number of para-hydroxylation sites is 1. The lowest BCUT2D eigenvalue weighted by molar-refractivity contribution is 0.262. The average Bonchev–Trinajstić information content (AvgIpc) is 2.80. The summed E-state index contributed by atoms with van der Waals surface area (Å²) >= 11 is 0. The molecule has 2 N–H and O–H groups in total. The Morgan fingerprint density at radius 3 is 2.59 bits per heavy atom. The highest BCUT2D eigenvalue weighted by molar-refractivity contribution is 6.04. The van der Waals surface area contributed by atoms with Crippen LogP contribution < -0.4 is 21.1 Å². The molecule has 0 radical (unpaired) electrons. The minimum Gasteiger partial charge on any atom is -0.497 e. The smallest absolute Gasteiger partial charge is 0.349 e. The minimum atomic E-state index is -0.553. The summed E-state index contributed by atoms with van der Waals surface area (Å²) in [6, 6.07) is 19.5. The molecule has 4 aromatic rings. The summed E-state index contributed by atoms with van der Waals surface area (Å²) in [4.78, 5) is 29.6. The maximum atomic E-state index is 13.1. The second kappa shape index (κ2) is 9.30. The Hall–Kier alpha value is -4.20. The molecular weight excluding hydrogens is 411 g/mol. The molecule has 0 aliphatic carbocycles. The van der Waals surface area contributed by atoms with Crippen molar-refractivity contribution in [1.29, 1.82) is 0 Å². The lowest BCUT2D eigenvalue weighted by atomic mass is 10.1. The summed E-state index contributed by atoms with van der Waals surface area (Å²) in [7, 11) is 1.60. The van der Waals surface area contributed by atoms with Gasteiger partial charge >= 0.3 is 11.7 Å². The Morgan fingerprint density at radius 2 is 1.81 bits per heavy atom. The van der Waals surface area contributed by atoms with Gasteiger partial charge in [0.1, 0.15) is 17.4 Å². The number of urea groups is 1. The fraction of sp³-hybridized carbons (Fsp3) is 0.125. The highest BCUT2D eigenvalue weighted by Gasteiger charge is 2.14. The number of ether oxygens (including phenoxy) is 1. The van der Waals surface area contributed by atoms with Gasteiger partial charge < -0.3 is 10.1 Å². The molecule has 0 fully saturated rings. The first-order valence-corrected chi connectivity index (χ1v) is 9.99. The first kappa shape index (κ1) is 21.0. The molecule has 0 aliphatic rings. The summed E-state index contributed by atoms with van der Waals surface area (Å²) in [6.45, 7) is 0.302. The van der Waals surface area contributed by atoms with E-state index in [9.17, 15) is 14.0 Å². The molecule has 1 heterocycles. The monoisotopic (exact) mass is 432 g/mol. The number of halogens is 1. The lowest BCUT2D eigenvalue weighted by Crippen LogP contribution is -2.30. The van der Waals surface area contributed by atoms with Gasteiger partial charge in [0.15, 0.2) is 0 Å². The molecule has 0 saturated heterocycles. The van der Waals surface area contributed by atoms with Gasteiger partial charge in [-0.1, -0.05) is 24.3 Å². The molecule has 0 aliphatic heterocycles. The highest BCUT2D eigenvalue weighted by Crippen LogP contribution is 2.21. The number of rotatable bonds is 6. The predicted molar refractivity (Wildman–Crippen MR) is 122 cm³/mol. The number of benzene rings is 3. The van der Waals surface area contributed by atoms with E-state index >= 15 is 0 Å². The summed E-state index contributed by atoms with van der Waals surface area (Å²) in [5, 5.41) is 6.05. The third-order valence-corrected chi connectivity index (χ3v) is 4.97. The SMILES string of the molecule is COc1cccc(CCn2c(NC(=O)Nc3ccc(F)cc3)c3ccccc3nc2=O)c1. The van der Waals surface area contributed by atoms with E-state index in [1.807, 2.05) is 30.3 Å². The lowest BCUT2D eigenvalue weighted by Gasteiger charge is -2.16. The van der Waals surface area contributed by atoms with Gasteiger partial charge in [-0.2, -0.15) is 4.98 Å². The van der Waals surface area contributed by atoms with Crippen molar-refractivity contribution >= 4 is 28.4 Å². The van der Waals surface area contributed by atoms with E-state index < -0.39 is 17.5 Å². The normalized spacial score (nSPS) is 10.7. The topological polar surface area (TPSA) is 85.2 Å². The van der Waals surface area contributed by atoms with Crippen LogP contribution in [0.15, 0.2) is 77.6 Å². The van der Waals surface area contributed by atoms with Crippen molar-refractivity contribution in [3.8, 4) is 5.75 Å². The van der Waals surface area contributed by atoms with Crippen molar-refractivity contribution in [2.75, 3.05) is 17.7 Å². The number of anilines is 2. The third kappa shape index (κ3) is 4.75. The van der Waals surface area contributed by atoms with Crippen LogP contribution in [-0.2, 0) is 13.0 Å². The number of nitrogens with zero attached hydrogens (tertiary/aromatic N) is 2. The van der Waals surface area contributed by atoms with Crippen LogP contribution in [0.1, 0.15) is 5.56 Å². The summed E-state index contributed by atoms with van der Waals surface area (Å²) in [6.07, 6.45) is 0.533. The number of methoxy groups -OCH3 is 1. The van der Waals surface area contributed by atoms with E-state index in [-0.39, 0.29) is 0 Å². The molecule has 2 amide bonds. The second-order valence-electron chi connectivity index (χ2n) is 7.10. The number of fused-ring (bicyclic) bond motifs is 1. The quantitative estimate of drug-likeness (QED) is 0.472. The Balaban J connectivity index is 1.65. The molecule has 0 unspecified atom stereocenters. The first-order valence-electron chi connectivity index (χ1n) is 9.99. The third-order valence-electron chi connectivity index (χ3n) is 4.97. The molecule has 1 aromatic heterocycles. The number of carbonyl (C=O) groups is 1. The van der Waals surface area contributed by atoms with Crippen molar-refractivity contribution in [2.24, 2.45) is 0 Å². The van der Waals surface area contributed by atoms with Crippen molar-refractivity contribution in [2.45, 2.75) is 13.0 Å². The molecule has 0 saturated carbocycles. The van der Waals surface area contributed by atoms with Gasteiger partial charge in [-0.25, -0.2) is 14.0 Å². The van der Waals surface area contributed by atoms with Crippen LogP contribution in [0, 0.1) is 5.82 Å². The van der Waals surface area contributed by atoms with E-state index in [1.165, 1.54) is 28.8 Å². The standard InChI is InChI=1S/C24H21FN4O3/c1-32-19-6-4-5-16(15-19)13-14-29-22(20-7-2-3-8-21(20)27-24(29)31)28-23(30)26-18-11-9-17(25)10-12-18/h2-12,15H,13-14H2,1H3,(H2,26,28,30). The zero-order valence-corrected chi connectivity index (χ0v) is 17.3. The van der Waals surface area contributed by atoms with Crippen LogP contribution in [0.4, 0.5) is 20.7 Å². The van der Waals surface area contributed by atoms with E-state index in [0.717, 1.165) is 11.3 Å². The maximum Gasteiger partial charge on any atom is 0.349 e. The molecule has 32 heavy (non-hydrogen) atoms. The number of carbonyl (C=O) groups excluding carboxylic acids is 1. The highest BCUT2D eigenvalue weighted by atomic mass is 19.1. The van der Waals surface area contributed by atoms with Crippen molar-refractivity contribution in [3.63, 3.8) is 0 Å². The zero-order chi connectivity index (χ0) is 22.5. The molecule has 3 aromatic carbocycles. The number of hydrogen-bond acceptors (Lipinski definition) is 4. The van der Waals surface area contributed by atoms with Gasteiger partial charge in [0.25, 0.3) is 0 Å². The number of hydrogen-bond donors (Lipinski definition) is 2. The second-order valence-corrected chi connectivity index (χ2v) is 7.10. The predicted octanol–water partition coefficient (Wildman–Crippen LogP) is 4.43. The van der Waals surface area contributed by atoms with E-state index in [1.54, 1.807) is 25.3 Å². The molecule has 0 spiro atoms. The Bertz CT molecular complexity index is 1320.